The first-order chi connectivity index (χ1) is 15.7. The molecule has 0 aliphatic heterocycles. The number of carbonyl (C=O) groups is 3. The Morgan fingerprint density at radius 2 is 1.42 bits per heavy atom. The van der Waals surface area contributed by atoms with E-state index in [0.717, 1.165) is 25.0 Å². The molecule has 0 saturated carbocycles. The number of aliphatic carboxylic acids is 1. The van der Waals surface area contributed by atoms with E-state index < -0.39 is 5.97 Å². The van der Waals surface area contributed by atoms with Crippen molar-refractivity contribution in [2.45, 2.75) is 46.5 Å². The van der Waals surface area contributed by atoms with E-state index in [4.69, 9.17) is 9.84 Å². The average Bonchev–Trinajstić information content (AvgIpc) is 2.85. The molecule has 6 heteroatoms. The molecule has 1 unspecified atom stereocenters. The van der Waals surface area contributed by atoms with E-state index in [1.54, 1.807) is 6.92 Å². The Morgan fingerprint density at radius 1 is 0.909 bits per heavy atom. The number of rotatable bonds is 11. The highest BCUT2D eigenvalue weighted by Gasteiger charge is 2.07. The van der Waals surface area contributed by atoms with Crippen LogP contribution >= 0.6 is 0 Å². The van der Waals surface area contributed by atoms with Crippen LogP contribution < -0.4 is 0 Å². The lowest BCUT2D eigenvalue weighted by Crippen LogP contribution is -2.12. The van der Waals surface area contributed by atoms with Gasteiger partial charge in [0.2, 0.25) is 0 Å². The highest BCUT2D eigenvalue weighted by atomic mass is 16.5. The number of benzene rings is 1. The maximum atomic E-state index is 10.8. The third-order valence-corrected chi connectivity index (χ3v) is 3.83. The largest absolute Gasteiger partial charge is 0.478 e. The van der Waals surface area contributed by atoms with Crippen LogP contribution in [0.25, 0.3) is 6.08 Å². The molecule has 0 saturated heterocycles. The van der Waals surface area contributed by atoms with Crippen LogP contribution in [0.3, 0.4) is 0 Å². The molecule has 1 aromatic carbocycles. The molecule has 0 aliphatic carbocycles. The van der Waals surface area contributed by atoms with Gasteiger partial charge in [-0.2, -0.15) is 0 Å². The van der Waals surface area contributed by atoms with E-state index >= 15 is 0 Å². The van der Waals surface area contributed by atoms with Crippen LogP contribution in [0.2, 0.25) is 0 Å². The fourth-order valence-electron chi connectivity index (χ4n) is 1.95. The normalized spacial score (nSPS) is 9.42. The Morgan fingerprint density at radius 3 is 1.73 bits per heavy atom. The van der Waals surface area contributed by atoms with Crippen molar-refractivity contribution in [1.29, 1.82) is 0 Å². The molecule has 1 atom stereocenters. The molecule has 0 aliphatic rings. The summed E-state index contributed by atoms with van der Waals surface area (Å²) in [6, 6.07) is 10.0. The number of hydrogen-bond acceptors (Lipinski definition) is 5. The van der Waals surface area contributed by atoms with Gasteiger partial charge in [-0.1, -0.05) is 95.8 Å². The first-order valence-electron chi connectivity index (χ1n) is 10.9. The number of unbranched alkanes of at least 4 members (excludes halogenated alkanes) is 1. The molecule has 33 heavy (non-hydrogen) atoms. The van der Waals surface area contributed by atoms with Gasteiger partial charge in [-0.05, 0) is 24.8 Å². The molecule has 0 bridgehead atoms. The number of carbonyl (C=O) groups excluding carboxylic acids is 2. The molecule has 0 amide bonds. The summed E-state index contributed by atoms with van der Waals surface area (Å²) in [6.45, 7) is 20.2. The molecule has 1 rings (SSSR count). The molecule has 1 N–H and O–H groups in total. The molecule has 6 nitrogen and oxygen atoms in total. The molecule has 1 aromatic rings. The summed E-state index contributed by atoms with van der Waals surface area (Å²) < 4.78 is 9.42. The Kier molecular flexibility index (Phi) is 27.6. The van der Waals surface area contributed by atoms with Gasteiger partial charge in [-0.25, -0.2) is 14.4 Å². The van der Waals surface area contributed by atoms with Crippen LogP contribution in [-0.4, -0.2) is 36.2 Å². The molecule has 0 spiro atoms. The molecular weight excluding hydrogens is 420 g/mol. The van der Waals surface area contributed by atoms with Crippen molar-refractivity contribution in [3.63, 3.8) is 0 Å². The predicted octanol–water partition coefficient (Wildman–Crippen LogP) is 6.25. The van der Waals surface area contributed by atoms with E-state index in [1.807, 2.05) is 36.4 Å². The van der Waals surface area contributed by atoms with Crippen molar-refractivity contribution in [3.8, 4) is 0 Å². The maximum Gasteiger partial charge on any atom is 0.330 e. The number of esters is 2. The minimum Gasteiger partial charge on any atom is -0.478 e. The minimum atomic E-state index is -0.981. The van der Waals surface area contributed by atoms with Crippen LogP contribution in [0.15, 0.2) is 74.9 Å². The second kappa shape index (κ2) is 26.6. The number of hydrogen-bond donors (Lipinski definition) is 1. The van der Waals surface area contributed by atoms with Crippen LogP contribution in [0.5, 0.6) is 0 Å². The zero-order chi connectivity index (χ0) is 25.9. The summed E-state index contributed by atoms with van der Waals surface area (Å²) in [4.78, 5) is 30.1. The molecule has 0 aromatic heterocycles. The second-order valence-corrected chi connectivity index (χ2v) is 6.36. The first-order valence-corrected chi connectivity index (χ1v) is 10.9. The van der Waals surface area contributed by atoms with E-state index in [2.05, 4.69) is 44.9 Å². The van der Waals surface area contributed by atoms with Gasteiger partial charge in [0.15, 0.2) is 0 Å². The quantitative estimate of drug-likeness (QED) is 0.310. The number of ether oxygens (including phenoxy) is 2. The van der Waals surface area contributed by atoms with Crippen LogP contribution in [-0.2, 0) is 23.9 Å². The third kappa shape index (κ3) is 28.6. The van der Waals surface area contributed by atoms with E-state index in [0.29, 0.717) is 19.1 Å². The van der Waals surface area contributed by atoms with Gasteiger partial charge in [0.25, 0.3) is 0 Å². The maximum absolute atomic E-state index is 10.8. The van der Waals surface area contributed by atoms with Crippen molar-refractivity contribution in [3.05, 3.63) is 80.4 Å². The third-order valence-electron chi connectivity index (χ3n) is 3.83. The van der Waals surface area contributed by atoms with Gasteiger partial charge in [0.05, 0.1) is 13.2 Å². The zero-order valence-corrected chi connectivity index (χ0v) is 20.3. The summed E-state index contributed by atoms with van der Waals surface area (Å²) in [5.41, 5.74) is 1.17. The zero-order valence-electron chi connectivity index (χ0n) is 20.3. The van der Waals surface area contributed by atoms with Crippen molar-refractivity contribution < 1.29 is 29.0 Å². The predicted molar refractivity (Wildman–Crippen MR) is 136 cm³/mol. The second-order valence-electron chi connectivity index (χ2n) is 6.36. The Labute approximate surface area is 199 Å². The fraction of sp³-hybridized carbons (Fsp3) is 0.370. The number of carboxylic acid groups (broad SMARTS) is 1. The van der Waals surface area contributed by atoms with Crippen LogP contribution in [0.4, 0.5) is 0 Å². The van der Waals surface area contributed by atoms with Gasteiger partial charge < -0.3 is 14.6 Å². The molecule has 184 valence electrons. The Bertz CT molecular complexity index is 679. The highest BCUT2D eigenvalue weighted by Crippen LogP contribution is 2.12. The Balaban J connectivity index is -0.000000388. The Hall–Kier alpha value is -3.41. The lowest BCUT2D eigenvalue weighted by Gasteiger charge is -2.13. The smallest absolute Gasteiger partial charge is 0.330 e. The van der Waals surface area contributed by atoms with Crippen molar-refractivity contribution in [2.24, 2.45) is 5.92 Å². The SMILES string of the molecule is C=CC(=O)O.C=CC(=O)OCC.C=CC(=O)OCC(CC)CCCC.C=Cc1ccccc1. The van der Waals surface area contributed by atoms with Gasteiger partial charge in [-0.15, -0.1) is 0 Å². The van der Waals surface area contributed by atoms with Gasteiger partial charge in [0, 0.05) is 18.2 Å². The molecular formula is C27H40O6. The summed E-state index contributed by atoms with van der Waals surface area (Å²) >= 11 is 0. The monoisotopic (exact) mass is 460 g/mol. The lowest BCUT2D eigenvalue weighted by molar-refractivity contribution is -0.139. The van der Waals surface area contributed by atoms with E-state index in [1.165, 1.54) is 24.5 Å². The topological polar surface area (TPSA) is 89.9 Å². The van der Waals surface area contributed by atoms with Gasteiger partial charge in [-0.3, -0.25) is 0 Å². The van der Waals surface area contributed by atoms with Gasteiger partial charge in [0.1, 0.15) is 0 Å². The van der Waals surface area contributed by atoms with Crippen molar-refractivity contribution in [2.75, 3.05) is 13.2 Å². The summed E-state index contributed by atoms with van der Waals surface area (Å²) in [6.07, 6.45) is 9.66. The van der Waals surface area contributed by atoms with Crippen LogP contribution in [0.1, 0.15) is 52.0 Å². The molecule has 0 radical (unpaired) electrons. The van der Waals surface area contributed by atoms with Crippen LogP contribution in [0, 0.1) is 5.92 Å². The van der Waals surface area contributed by atoms with E-state index in [9.17, 15) is 14.4 Å². The summed E-state index contributed by atoms with van der Waals surface area (Å²) in [5.74, 6) is -1.13. The first kappa shape index (κ1) is 34.2. The molecule has 0 fully saturated rings. The lowest BCUT2D eigenvalue weighted by atomic mass is 10.0. The minimum absolute atomic E-state index is 0.310. The highest BCUT2D eigenvalue weighted by molar-refractivity contribution is 5.81. The standard InChI is InChI=1S/C11H20O2.C8H8.C5H8O2.C3H4O2/c1-4-7-8-10(5-2)9-13-11(12)6-3;1-2-8-6-4-3-5-7-8;1-3-5(6)7-4-2;1-2-3(4)5/h6,10H,3-5,7-9H2,1-2H3;2-7H,1H2;3H,1,4H2,2H3;2H,1H2,(H,4,5). The number of carboxylic acids is 1. The van der Waals surface area contributed by atoms with Gasteiger partial charge >= 0.3 is 17.9 Å². The molecule has 0 heterocycles. The average molecular weight is 461 g/mol. The van der Waals surface area contributed by atoms with Crippen molar-refractivity contribution >= 4 is 24.0 Å². The summed E-state index contributed by atoms with van der Waals surface area (Å²) in [7, 11) is 0. The fourth-order valence-corrected chi connectivity index (χ4v) is 1.95. The van der Waals surface area contributed by atoms with E-state index in [-0.39, 0.29) is 11.9 Å². The van der Waals surface area contributed by atoms with Crippen molar-refractivity contribution in [1.82, 2.24) is 0 Å². The summed E-state index contributed by atoms with van der Waals surface area (Å²) in [5, 5.41) is 7.60.